The molecule has 0 aromatic heterocycles. The van der Waals surface area contributed by atoms with E-state index in [-0.39, 0.29) is 23.3 Å². The highest BCUT2D eigenvalue weighted by Crippen LogP contribution is 2.65. The minimum absolute atomic E-state index is 0.000286. The third-order valence-electron chi connectivity index (χ3n) is 8.90. The summed E-state index contributed by atoms with van der Waals surface area (Å²) in [6, 6.07) is 28.9. The van der Waals surface area contributed by atoms with Crippen molar-refractivity contribution < 1.29 is 4.79 Å². The molecule has 2 fully saturated rings. The van der Waals surface area contributed by atoms with Gasteiger partial charge < -0.3 is 5.32 Å². The quantitative estimate of drug-likeness (QED) is 0.458. The molecule has 0 aliphatic heterocycles. The fourth-order valence-corrected chi connectivity index (χ4v) is 6.75. The van der Waals surface area contributed by atoms with Crippen LogP contribution in [0.1, 0.15) is 57.1 Å². The molecular formula is C32H33N3O. The second kappa shape index (κ2) is 9.11. The second-order valence-electron chi connectivity index (χ2n) is 11.3. The van der Waals surface area contributed by atoms with E-state index in [1.807, 2.05) is 48.5 Å². The molecule has 3 aromatic carbocycles. The highest BCUT2D eigenvalue weighted by Gasteiger charge is 2.71. The normalized spacial score (nSPS) is 27.0. The zero-order valence-electron chi connectivity index (χ0n) is 21.2. The molecule has 3 aromatic rings. The number of hydrogen-bond acceptors (Lipinski definition) is 3. The number of nitrogens with zero attached hydrogens (tertiary/aromatic N) is 2. The van der Waals surface area contributed by atoms with Gasteiger partial charge >= 0.3 is 0 Å². The summed E-state index contributed by atoms with van der Waals surface area (Å²) in [5, 5.41) is 25.6. The van der Waals surface area contributed by atoms with Crippen LogP contribution in [0.25, 0.3) is 10.8 Å². The van der Waals surface area contributed by atoms with Crippen molar-refractivity contribution in [3.8, 4) is 12.1 Å². The van der Waals surface area contributed by atoms with Crippen molar-refractivity contribution in [2.75, 3.05) is 0 Å². The van der Waals surface area contributed by atoms with Crippen LogP contribution < -0.4 is 5.32 Å². The maximum atomic E-state index is 13.8. The lowest BCUT2D eigenvalue weighted by molar-refractivity contribution is -0.124. The average Bonchev–Trinajstić information content (AvgIpc) is 3.58. The predicted molar refractivity (Wildman–Crippen MR) is 142 cm³/mol. The summed E-state index contributed by atoms with van der Waals surface area (Å²) >= 11 is 0. The Bertz CT molecular complexity index is 1340. The molecule has 0 spiro atoms. The van der Waals surface area contributed by atoms with Crippen LogP contribution in [0, 0.1) is 45.8 Å². The summed E-state index contributed by atoms with van der Waals surface area (Å²) < 4.78 is 0. The Morgan fingerprint density at radius 1 is 0.944 bits per heavy atom. The van der Waals surface area contributed by atoms with Crippen LogP contribution in [-0.4, -0.2) is 11.9 Å². The lowest BCUT2D eigenvalue weighted by Gasteiger charge is -2.45. The Kier molecular flexibility index (Phi) is 6.09. The van der Waals surface area contributed by atoms with Crippen molar-refractivity contribution in [1.82, 2.24) is 5.32 Å². The van der Waals surface area contributed by atoms with Crippen molar-refractivity contribution in [3.63, 3.8) is 0 Å². The van der Waals surface area contributed by atoms with Crippen molar-refractivity contribution >= 4 is 16.7 Å². The molecule has 2 aliphatic carbocycles. The van der Waals surface area contributed by atoms with E-state index in [4.69, 9.17) is 0 Å². The molecule has 5 rings (SSSR count). The van der Waals surface area contributed by atoms with Crippen LogP contribution in [0.3, 0.4) is 0 Å². The molecule has 2 aliphatic rings. The molecule has 0 heterocycles. The van der Waals surface area contributed by atoms with Crippen molar-refractivity contribution in [2.24, 2.45) is 23.2 Å². The lowest BCUT2D eigenvalue weighted by Crippen LogP contribution is -2.51. The van der Waals surface area contributed by atoms with E-state index in [0.29, 0.717) is 5.92 Å². The summed E-state index contributed by atoms with van der Waals surface area (Å²) in [6.45, 7) is 6.79. The van der Waals surface area contributed by atoms with Crippen LogP contribution in [0.2, 0.25) is 0 Å². The zero-order valence-corrected chi connectivity index (χ0v) is 21.2. The van der Waals surface area contributed by atoms with Gasteiger partial charge in [-0.2, -0.15) is 10.5 Å². The fourth-order valence-electron chi connectivity index (χ4n) is 6.75. The first-order valence-corrected chi connectivity index (χ1v) is 13.0. The van der Waals surface area contributed by atoms with Gasteiger partial charge in [-0.1, -0.05) is 100.0 Å². The number of benzene rings is 3. The first-order valence-electron chi connectivity index (χ1n) is 13.0. The highest BCUT2D eigenvalue weighted by molar-refractivity contribution is 5.92. The number of carbonyl (C=O) groups is 1. The molecule has 0 radical (unpaired) electrons. The van der Waals surface area contributed by atoms with E-state index in [9.17, 15) is 15.3 Å². The number of carbonyl (C=O) groups excluding carboxylic acids is 1. The number of rotatable bonds is 5. The Morgan fingerprint density at radius 3 is 2.33 bits per heavy atom. The summed E-state index contributed by atoms with van der Waals surface area (Å²) in [6.07, 6.45) is 3.08. The molecule has 1 N–H and O–H groups in total. The van der Waals surface area contributed by atoms with Gasteiger partial charge in [-0.25, -0.2) is 0 Å². The summed E-state index contributed by atoms with van der Waals surface area (Å²) in [5.74, 6) is -0.475. The van der Waals surface area contributed by atoms with E-state index in [2.05, 4.69) is 62.5 Å². The Morgan fingerprint density at radius 2 is 1.61 bits per heavy atom. The molecule has 182 valence electrons. The first kappa shape index (κ1) is 24.1. The minimum atomic E-state index is -1.33. The number of fused-ring (bicyclic) bond motifs is 1. The number of nitriles is 2. The fraction of sp³-hybridized carbons (Fsp3) is 0.406. The van der Waals surface area contributed by atoms with Gasteiger partial charge in [-0.3, -0.25) is 4.79 Å². The smallest absolute Gasteiger partial charge is 0.226 e. The first-order chi connectivity index (χ1) is 17.3. The van der Waals surface area contributed by atoms with Gasteiger partial charge in [-0.15, -0.1) is 0 Å². The molecule has 0 saturated heterocycles. The van der Waals surface area contributed by atoms with Crippen molar-refractivity contribution in [1.29, 1.82) is 10.5 Å². The van der Waals surface area contributed by atoms with E-state index in [1.54, 1.807) is 0 Å². The largest absolute Gasteiger partial charge is 0.353 e. The highest BCUT2D eigenvalue weighted by atomic mass is 16.2. The van der Waals surface area contributed by atoms with Crippen molar-refractivity contribution in [2.45, 2.75) is 57.4 Å². The summed E-state index contributed by atoms with van der Waals surface area (Å²) in [5.41, 5.74) is 0.736. The molecule has 0 unspecified atom stereocenters. The zero-order chi connectivity index (χ0) is 25.5. The van der Waals surface area contributed by atoms with Crippen LogP contribution in [0.15, 0.2) is 72.8 Å². The second-order valence-corrected chi connectivity index (χ2v) is 11.3. The van der Waals surface area contributed by atoms with E-state index >= 15 is 0 Å². The SMILES string of the molecule is C[C@@H]1CC[C@@H](C(C)(C)c2ccccc2)[C@H](NC(=O)[C@H]2[C@H](c3cccc4ccccc34)C2(C#N)C#N)C1. The molecule has 0 bridgehead atoms. The summed E-state index contributed by atoms with van der Waals surface area (Å²) in [4.78, 5) is 13.8. The Balaban J connectivity index is 1.46. The number of hydrogen-bond donors (Lipinski definition) is 1. The van der Waals surface area contributed by atoms with Gasteiger partial charge in [0.05, 0.1) is 18.1 Å². The van der Waals surface area contributed by atoms with Gasteiger partial charge in [0.15, 0.2) is 5.41 Å². The monoisotopic (exact) mass is 475 g/mol. The van der Waals surface area contributed by atoms with Crippen LogP contribution in [-0.2, 0) is 10.2 Å². The van der Waals surface area contributed by atoms with E-state index in [0.717, 1.165) is 35.6 Å². The van der Waals surface area contributed by atoms with Gasteiger partial charge in [0.1, 0.15) is 0 Å². The molecule has 1 amide bonds. The molecule has 36 heavy (non-hydrogen) atoms. The number of nitrogens with one attached hydrogen (secondary N) is 1. The molecule has 5 atom stereocenters. The maximum absolute atomic E-state index is 13.8. The van der Waals surface area contributed by atoms with Crippen LogP contribution in [0.4, 0.5) is 0 Å². The van der Waals surface area contributed by atoms with E-state index in [1.165, 1.54) is 5.56 Å². The van der Waals surface area contributed by atoms with Gasteiger partial charge in [0, 0.05) is 12.0 Å². The summed E-state index contributed by atoms with van der Waals surface area (Å²) in [7, 11) is 0. The average molecular weight is 476 g/mol. The van der Waals surface area contributed by atoms with Crippen LogP contribution in [0.5, 0.6) is 0 Å². The standard InChI is InChI=1S/C32H33N3O/c1-21-16-17-26(31(2,3)23-12-5-4-6-13-23)27(18-21)35-30(36)29-28(32(29,19-33)20-34)25-15-9-11-22-10-7-8-14-24(22)25/h4-15,21,26-29H,16-18H2,1-3H3,(H,35,36)/t21-,26-,27-,28+,29-/m1/s1. The Hall–Kier alpha value is -3.63. The third kappa shape index (κ3) is 3.86. The van der Waals surface area contributed by atoms with Gasteiger partial charge in [-0.05, 0) is 52.0 Å². The minimum Gasteiger partial charge on any atom is -0.353 e. The molecule has 4 heteroatoms. The van der Waals surface area contributed by atoms with Gasteiger partial charge in [0.25, 0.3) is 0 Å². The lowest BCUT2D eigenvalue weighted by atomic mass is 9.63. The number of amides is 1. The van der Waals surface area contributed by atoms with Gasteiger partial charge in [0.2, 0.25) is 5.91 Å². The molecular weight excluding hydrogens is 442 g/mol. The molecule has 2 saturated carbocycles. The molecule has 4 nitrogen and oxygen atoms in total. The van der Waals surface area contributed by atoms with Crippen molar-refractivity contribution in [3.05, 3.63) is 83.9 Å². The van der Waals surface area contributed by atoms with E-state index < -0.39 is 17.3 Å². The topological polar surface area (TPSA) is 76.7 Å². The third-order valence-corrected chi connectivity index (χ3v) is 8.90. The predicted octanol–water partition coefficient (Wildman–Crippen LogP) is 6.49. The van der Waals surface area contributed by atoms with Crippen LogP contribution >= 0.6 is 0 Å². The Labute approximate surface area is 213 Å². The maximum Gasteiger partial charge on any atom is 0.226 e.